The lowest BCUT2D eigenvalue weighted by atomic mass is 9.85. The molecular formula is C19H20N2O2. The van der Waals surface area contributed by atoms with Gasteiger partial charge in [0.25, 0.3) is 0 Å². The van der Waals surface area contributed by atoms with Gasteiger partial charge in [0.15, 0.2) is 0 Å². The first kappa shape index (κ1) is 15.3. The molecule has 3 N–H and O–H groups in total. The van der Waals surface area contributed by atoms with Crippen LogP contribution in [0, 0.1) is 0 Å². The number of rotatable bonds is 5. The molecule has 3 aromatic rings. The summed E-state index contributed by atoms with van der Waals surface area (Å²) in [6, 6.07) is 17.5. The second-order valence-electron chi connectivity index (χ2n) is 6.08. The first-order valence-electron chi connectivity index (χ1n) is 7.59. The van der Waals surface area contributed by atoms with Crippen molar-refractivity contribution in [3.8, 4) is 0 Å². The number of para-hydroxylation sites is 1. The second kappa shape index (κ2) is 5.89. The molecule has 118 valence electrons. The van der Waals surface area contributed by atoms with Crippen molar-refractivity contribution in [2.24, 2.45) is 12.8 Å². The highest BCUT2D eigenvalue weighted by Crippen LogP contribution is 2.25. The number of carboxylic acid groups (broad SMARTS) is 1. The van der Waals surface area contributed by atoms with Gasteiger partial charge in [0.2, 0.25) is 0 Å². The van der Waals surface area contributed by atoms with Gasteiger partial charge in [0.05, 0.1) is 0 Å². The lowest BCUT2D eigenvalue weighted by molar-refractivity contribution is -0.143. The zero-order chi connectivity index (χ0) is 16.4. The molecule has 3 rings (SSSR count). The average molecular weight is 308 g/mol. The van der Waals surface area contributed by atoms with E-state index in [0.717, 1.165) is 22.0 Å². The molecule has 0 saturated heterocycles. The zero-order valence-corrected chi connectivity index (χ0v) is 13.1. The SMILES string of the molecule is Cn1cc(C[C@](N)(Cc2ccccc2)C(=O)O)c2ccccc21. The molecule has 23 heavy (non-hydrogen) atoms. The number of hydrogen-bond donors (Lipinski definition) is 2. The number of aryl methyl sites for hydroxylation is 1. The van der Waals surface area contributed by atoms with Crippen molar-refractivity contribution >= 4 is 16.9 Å². The van der Waals surface area contributed by atoms with Crippen molar-refractivity contribution in [2.75, 3.05) is 0 Å². The van der Waals surface area contributed by atoms with Crippen LogP contribution < -0.4 is 5.73 Å². The van der Waals surface area contributed by atoms with E-state index in [1.165, 1.54) is 0 Å². The van der Waals surface area contributed by atoms with Crippen LogP contribution in [0.3, 0.4) is 0 Å². The molecule has 4 nitrogen and oxygen atoms in total. The van der Waals surface area contributed by atoms with Crippen molar-refractivity contribution < 1.29 is 9.90 Å². The third kappa shape index (κ3) is 2.98. The van der Waals surface area contributed by atoms with E-state index in [2.05, 4.69) is 0 Å². The third-order valence-electron chi connectivity index (χ3n) is 4.27. The molecule has 0 spiro atoms. The van der Waals surface area contributed by atoms with Gasteiger partial charge in [-0.05, 0) is 17.2 Å². The minimum Gasteiger partial charge on any atom is -0.480 e. The maximum absolute atomic E-state index is 11.8. The Labute approximate surface area is 135 Å². The van der Waals surface area contributed by atoms with E-state index in [0.29, 0.717) is 12.8 Å². The molecule has 0 aliphatic rings. The van der Waals surface area contributed by atoms with Gasteiger partial charge in [0, 0.05) is 37.0 Å². The molecule has 4 heteroatoms. The van der Waals surface area contributed by atoms with E-state index in [-0.39, 0.29) is 0 Å². The van der Waals surface area contributed by atoms with Crippen LogP contribution in [0.2, 0.25) is 0 Å². The highest BCUT2D eigenvalue weighted by atomic mass is 16.4. The number of fused-ring (bicyclic) bond motifs is 1. The molecule has 0 amide bonds. The van der Waals surface area contributed by atoms with E-state index >= 15 is 0 Å². The molecular weight excluding hydrogens is 288 g/mol. The summed E-state index contributed by atoms with van der Waals surface area (Å²) in [7, 11) is 1.96. The predicted octanol–water partition coefficient (Wildman–Crippen LogP) is 2.75. The van der Waals surface area contributed by atoms with Crippen molar-refractivity contribution in [3.63, 3.8) is 0 Å². The van der Waals surface area contributed by atoms with Gasteiger partial charge in [-0.15, -0.1) is 0 Å². The maximum atomic E-state index is 11.8. The van der Waals surface area contributed by atoms with Crippen LogP contribution in [-0.4, -0.2) is 21.2 Å². The van der Waals surface area contributed by atoms with Crippen molar-refractivity contribution in [2.45, 2.75) is 18.4 Å². The standard InChI is InChI=1S/C19H20N2O2/c1-21-13-15(16-9-5-6-10-17(16)21)12-19(20,18(22)23)11-14-7-3-2-4-8-14/h2-10,13H,11-12,20H2,1H3,(H,22,23)/t19-/m1/s1. The largest absolute Gasteiger partial charge is 0.480 e. The number of nitrogens with zero attached hydrogens (tertiary/aromatic N) is 1. The molecule has 0 aliphatic carbocycles. The number of carboxylic acids is 1. The molecule has 1 heterocycles. The summed E-state index contributed by atoms with van der Waals surface area (Å²) >= 11 is 0. The fraction of sp³-hybridized carbons (Fsp3) is 0.211. The lowest BCUT2D eigenvalue weighted by Gasteiger charge is -2.24. The molecule has 0 radical (unpaired) electrons. The Hall–Kier alpha value is -2.59. The summed E-state index contributed by atoms with van der Waals surface area (Å²) in [4.78, 5) is 11.8. The molecule has 0 saturated carbocycles. The topological polar surface area (TPSA) is 68.2 Å². The van der Waals surface area contributed by atoms with E-state index in [1.807, 2.05) is 72.4 Å². The Morgan fingerprint density at radius 1 is 1.09 bits per heavy atom. The number of aromatic nitrogens is 1. The molecule has 0 bridgehead atoms. The van der Waals surface area contributed by atoms with Crippen LogP contribution in [0.15, 0.2) is 60.8 Å². The van der Waals surface area contributed by atoms with Gasteiger partial charge in [-0.25, -0.2) is 0 Å². The molecule has 0 fully saturated rings. The quantitative estimate of drug-likeness (QED) is 0.761. The Bertz CT molecular complexity index is 839. The minimum atomic E-state index is -1.33. The molecule has 2 aromatic carbocycles. The van der Waals surface area contributed by atoms with Crippen LogP contribution in [0.1, 0.15) is 11.1 Å². The van der Waals surface area contributed by atoms with Crippen molar-refractivity contribution in [1.82, 2.24) is 4.57 Å². The minimum absolute atomic E-state index is 0.290. The highest BCUT2D eigenvalue weighted by Gasteiger charge is 2.35. The highest BCUT2D eigenvalue weighted by molar-refractivity contribution is 5.86. The molecule has 1 aromatic heterocycles. The van der Waals surface area contributed by atoms with Crippen LogP contribution in [0.5, 0.6) is 0 Å². The summed E-state index contributed by atoms with van der Waals surface area (Å²) in [6.45, 7) is 0. The summed E-state index contributed by atoms with van der Waals surface area (Å²) in [5, 5.41) is 10.8. The Morgan fingerprint density at radius 2 is 1.74 bits per heavy atom. The Kier molecular flexibility index (Phi) is 3.92. The normalized spacial score (nSPS) is 13.8. The number of aliphatic carboxylic acids is 1. The number of carbonyl (C=O) groups is 1. The first-order chi connectivity index (χ1) is 11.0. The van der Waals surface area contributed by atoms with Crippen LogP contribution >= 0.6 is 0 Å². The lowest BCUT2D eigenvalue weighted by Crippen LogP contribution is -2.51. The average Bonchev–Trinajstić information content (AvgIpc) is 2.84. The van der Waals surface area contributed by atoms with Gasteiger partial charge in [-0.3, -0.25) is 4.79 Å². The smallest absolute Gasteiger partial charge is 0.324 e. The number of benzene rings is 2. The summed E-state index contributed by atoms with van der Waals surface area (Å²) < 4.78 is 2.01. The van der Waals surface area contributed by atoms with Crippen LogP contribution in [-0.2, 0) is 24.7 Å². The first-order valence-corrected chi connectivity index (χ1v) is 7.59. The van der Waals surface area contributed by atoms with Gasteiger partial charge in [-0.1, -0.05) is 48.5 Å². The molecule has 0 aliphatic heterocycles. The fourth-order valence-corrected chi connectivity index (χ4v) is 3.08. The maximum Gasteiger partial charge on any atom is 0.324 e. The Morgan fingerprint density at radius 3 is 2.43 bits per heavy atom. The van der Waals surface area contributed by atoms with E-state index in [9.17, 15) is 9.90 Å². The monoisotopic (exact) mass is 308 g/mol. The predicted molar refractivity (Wildman–Crippen MR) is 91.3 cm³/mol. The summed E-state index contributed by atoms with van der Waals surface area (Å²) in [5.41, 5.74) is 7.94. The van der Waals surface area contributed by atoms with Crippen molar-refractivity contribution in [1.29, 1.82) is 0 Å². The molecule has 1 atom stereocenters. The van der Waals surface area contributed by atoms with Gasteiger partial charge < -0.3 is 15.4 Å². The number of nitrogens with two attached hydrogens (primary N) is 1. The number of hydrogen-bond acceptors (Lipinski definition) is 2. The van der Waals surface area contributed by atoms with Crippen LogP contribution in [0.25, 0.3) is 10.9 Å². The van der Waals surface area contributed by atoms with E-state index < -0.39 is 11.5 Å². The van der Waals surface area contributed by atoms with Crippen molar-refractivity contribution in [3.05, 3.63) is 71.9 Å². The fourth-order valence-electron chi connectivity index (χ4n) is 3.08. The molecule has 0 unspecified atom stereocenters. The second-order valence-corrected chi connectivity index (χ2v) is 6.08. The van der Waals surface area contributed by atoms with E-state index in [4.69, 9.17) is 5.73 Å². The zero-order valence-electron chi connectivity index (χ0n) is 13.1. The van der Waals surface area contributed by atoms with E-state index in [1.54, 1.807) is 0 Å². The summed E-state index contributed by atoms with van der Waals surface area (Å²) in [5.74, 6) is -0.978. The van der Waals surface area contributed by atoms with Gasteiger partial charge in [-0.2, -0.15) is 0 Å². The van der Waals surface area contributed by atoms with Crippen LogP contribution in [0.4, 0.5) is 0 Å². The summed E-state index contributed by atoms with van der Waals surface area (Å²) in [6.07, 6.45) is 2.56. The Balaban J connectivity index is 1.97. The van der Waals surface area contributed by atoms with Gasteiger partial charge >= 0.3 is 5.97 Å². The third-order valence-corrected chi connectivity index (χ3v) is 4.27. The van der Waals surface area contributed by atoms with Gasteiger partial charge in [0.1, 0.15) is 5.54 Å².